The van der Waals surface area contributed by atoms with Crippen LogP contribution in [0.15, 0.2) is 91.0 Å². The Balaban J connectivity index is 1.79. The van der Waals surface area contributed by atoms with Gasteiger partial charge in [-0.1, -0.05) is 102 Å². The second-order valence-electron chi connectivity index (χ2n) is 10.1. The van der Waals surface area contributed by atoms with E-state index in [1.165, 1.54) is 77.2 Å². The molecular formula is C35H30. The van der Waals surface area contributed by atoms with E-state index in [1.807, 2.05) is 0 Å². The van der Waals surface area contributed by atoms with Gasteiger partial charge in [0.2, 0.25) is 0 Å². The topological polar surface area (TPSA) is 0 Å². The summed E-state index contributed by atoms with van der Waals surface area (Å²) in [7, 11) is 0. The zero-order chi connectivity index (χ0) is 24.1. The van der Waals surface area contributed by atoms with Crippen LogP contribution in [-0.4, -0.2) is 0 Å². The first kappa shape index (κ1) is 21.6. The van der Waals surface area contributed by atoms with Gasteiger partial charge >= 0.3 is 0 Å². The molecule has 0 nitrogen and oxygen atoms in total. The second kappa shape index (κ2) is 8.40. The van der Waals surface area contributed by atoms with E-state index in [1.54, 1.807) is 0 Å². The Morgan fingerprint density at radius 1 is 0.686 bits per heavy atom. The largest absolute Gasteiger partial charge is 0.0801 e. The minimum Gasteiger partial charge on any atom is -0.0801 e. The van der Waals surface area contributed by atoms with Gasteiger partial charge in [-0.05, 0) is 107 Å². The Hall–Kier alpha value is -3.90. The van der Waals surface area contributed by atoms with Gasteiger partial charge in [0.15, 0.2) is 0 Å². The van der Waals surface area contributed by atoms with E-state index in [0.29, 0.717) is 0 Å². The molecule has 0 atom stereocenters. The highest BCUT2D eigenvalue weighted by Crippen LogP contribution is 2.32. The molecule has 0 amide bonds. The summed E-state index contributed by atoms with van der Waals surface area (Å²) in [5.41, 5.74) is 15.9. The molecule has 0 bridgehead atoms. The lowest BCUT2D eigenvalue weighted by atomic mass is 9.87. The van der Waals surface area contributed by atoms with Crippen LogP contribution in [0.4, 0.5) is 0 Å². The first-order chi connectivity index (χ1) is 17.0. The van der Waals surface area contributed by atoms with Crippen LogP contribution in [0, 0.1) is 27.7 Å². The molecule has 0 saturated heterocycles. The zero-order valence-electron chi connectivity index (χ0n) is 20.9. The average molecular weight is 451 g/mol. The van der Waals surface area contributed by atoms with Crippen molar-refractivity contribution in [1.82, 2.24) is 0 Å². The Morgan fingerprint density at radius 3 is 2.00 bits per heavy atom. The highest BCUT2D eigenvalue weighted by molar-refractivity contribution is 5.90. The number of allylic oxidation sites excluding steroid dienone is 4. The van der Waals surface area contributed by atoms with Crippen molar-refractivity contribution < 1.29 is 0 Å². The van der Waals surface area contributed by atoms with Crippen LogP contribution in [0.3, 0.4) is 0 Å². The minimum absolute atomic E-state index is 0.990. The van der Waals surface area contributed by atoms with Crippen molar-refractivity contribution in [3.05, 3.63) is 146 Å². The molecule has 4 aromatic rings. The SMILES string of the molecule is Cc1cccc(C(c2cccc(C)c2)=c2cc3c(c(C4=CC=CC4)c2C)=Cc2cc(C)ccc2-3)c1. The fraction of sp³-hybridized carbons (Fsp3) is 0.143. The molecule has 0 aromatic heterocycles. The van der Waals surface area contributed by atoms with E-state index in [2.05, 4.69) is 125 Å². The summed E-state index contributed by atoms with van der Waals surface area (Å²) in [6.07, 6.45) is 10.2. The number of fused-ring (bicyclic) bond motifs is 3. The fourth-order valence-corrected chi connectivity index (χ4v) is 5.76. The summed E-state index contributed by atoms with van der Waals surface area (Å²) in [4.78, 5) is 0. The van der Waals surface area contributed by atoms with Crippen LogP contribution in [0.5, 0.6) is 0 Å². The Morgan fingerprint density at radius 2 is 1.37 bits per heavy atom. The quantitative estimate of drug-likeness (QED) is 0.270. The third-order valence-corrected chi connectivity index (χ3v) is 7.40. The Kier molecular flexibility index (Phi) is 5.19. The molecular weight excluding hydrogens is 420 g/mol. The van der Waals surface area contributed by atoms with Crippen molar-refractivity contribution in [2.24, 2.45) is 0 Å². The summed E-state index contributed by atoms with van der Waals surface area (Å²) in [6.45, 7) is 8.86. The molecule has 2 aliphatic carbocycles. The maximum Gasteiger partial charge on any atom is -0.00356 e. The van der Waals surface area contributed by atoms with Gasteiger partial charge in [0.1, 0.15) is 0 Å². The third-order valence-electron chi connectivity index (χ3n) is 7.40. The van der Waals surface area contributed by atoms with Crippen molar-refractivity contribution in [3.8, 4) is 11.1 Å². The standard InChI is InChI=1S/C35H30/c1-22-9-7-13-27(17-22)35(28-14-8-10-23(2)18-28)31-21-32-30-16-15-24(3)19-29(30)20-33(32)34(25(31)4)26-11-5-6-12-26/h5-11,13-21H,12H2,1-4H3. The molecule has 4 aromatic carbocycles. The average Bonchev–Trinajstić information content (AvgIpc) is 3.47. The zero-order valence-corrected chi connectivity index (χ0v) is 20.9. The smallest absolute Gasteiger partial charge is 0.00356 e. The Bertz CT molecular complexity index is 1640. The highest BCUT2D eigenvalue weighted by atomic mass is 14.2. The number of hydrogen-bond donors (Lipinski definition) is 0. The summed E-state index contributed by atoms with van der Waals surface area (Å²) in [5.74, 6) is 0. The van der Waals surface area contributed by atoms with Crippen LogP contribution >= 0.6 is 0 Å². The maximum absolute atomic E-state index is 2.45. The third kappa shape index (κ3) is 3.70. The van der Waals surface area contributed by atoms with Crippen molar-refractivity contribution in [2.75, 3.05) is 0 Å². The summed E-state index contributed by atoms with van der Waals surface area (Å²) in [6, 6.07) is 27.2. The van der Waals surface area contributed by atoms with Crippen molar-refractivity contribution >= 4 is 17.2 Å². The van der Waals surface area contributed by atoms with Gasteiger partial charge in [-0.25, -0.2) is 0 Å². The van der Waals surface area contributed by atoms with Gasteiger partial charge in [-0.3, -0.25) is 0 Å². The van der Waals surface area contributed by atoms with E-state index in [4.69, 9.17) is 0 Å². The molecule has 0 unspecified atom stereocenters. The van der Waals surface area contributed by atoms with E-state index in [0.717, 1.165) is 6.42 Å². The first-order valence-corrected chi connectivity index (χ1v) is 12.5. The van der Waals surface area contributed by atoms with Crippen LogP contribution in [0.25, 0.3) is 28.3 Å². The van der Waals surface area contributed by atoms with E-state index >= 15 is 0 Å². The molecule has 0 saturated carbocycles. The normalized spacial score (nSPS) is 13.3. The summed E-state index contributed by atoms with van der Waals surface area (Å²) >= 11 is 0. The lowest BCUT2D eigenvalue weighted by Gasteiger charge is -2.17. The van der Waals surface area contributed by atoms with Gasteiger partial charge < -0.3 is 0 Å². The van der Waals surface area contributed by atoms with Crippen molar-refractivity contribution in [3.63, 3.8) is 0 Å². The van der Waals surface area contributed by atoms with Gasteiger partial charge in [-0.2, -0.15) is 0 Å². The lowest BCUT2D eigenvalue weighted by molar-refractivity contribution is 1.29. The molecule has 0 N–H and O–H groups in total. The molecule has 0 heteroatoms. The molecule has 0 spiro atoms. The lowest BCUT2D eigenvalue weighted by Crippen LogP contribution is -2.23. The summed E-state index contributed by atoms with van der Waals surface area (Å²) in [5, 5.41) is 2.69. The van der Waals surface area contributed by atoms with Crippen LogP contribution in [0.2, 0.25) is 0 Å². The summed E-state index contributed by atoms with van der Waals surface area (Å²) < 4.78 is 0. The van der Waals surface area contributed by atoms with Crippen molar-refractivity contribution in [1.29, 1.82) is 0 Å². The van der Waals surface area contributed by atoms with Gasteiger partial charge in [0.05, 0.1) is 0 Å². The molecule has 170 valence electrons. The van der Waals surface area contributed by atoms with Crippen LogP contribution in [0.1, 0.15) is 50.9 Å². The van der Waals surface area contributed by atoms with Crippen LogP contribution < -0.4 is 10.4 Å². The number of benzene rings is 4. The van der Waals surface area contributed by atoms with E-state index in [-0.39, 0.29) is 0 Å². The molecule has 0 radical (unpaired) electrons. The number of aryl methyl sites for hydroxylation is 3. The second-order valence-corrected chi connectivity index (χ2v) is 10.1. The fourth-order valence-electron chi connectivity index (χ4n) is 5.76. The molecule has 0 aliphatic heterocycles. The first-order valence-electron chi connectivity index (χ1n) is 12.5. The Labute approximate surface area is 208 Å². The maximum atomic E-state index is 2.45. The van der Waals surface area contributed by atoms with Crippen molar-refractivity contribution in [2.45, 2.75) is 34.1 Å². The van der Waals surface area contributed by atoms with E-state index < -0.39 is 0 Å². The monoisotopic (exact) mass is 450 g/mol. The van der Waals surface area contributed by atoms with Gasteiger partial charge in [0, 0.05) is 0 Å². The highest BCUT2D eigenvalue weighted by Gasteiger charge is 2.21. The van der Waals surface area contributed by atoms with Gasteiger partial charge in [-0.15, -0.1) is 0 Å². The molecule has 2 aliphatic rings. The minimum atomic E-state index is 0.990. The number of rotatable bonds is 3. The molecule has 0 heterocycles. The molecule has 6 rings (SSSR count). The molecule has 0 fully saturated rings. The predicted molar refractivity (Wildman–Crippen MR) is 150 cm³/mol. The van der Waals surface area contributed by atoms with Crippen LogP contribution in [-0.2, 0) is 0 Å². The van der Waals surface area contributed by atoms with E-state index in [9.17, 15) is 0 Å². The van der Waals surface area contributed by atoms with Gasteiger partial charge in [0.25, 0.3) is 0 Å². The predicted octanol–water partition coefficient (Wildman–Crippen LogP) is 7.32. The molecule has 35 heavy (non-hydrogen) atoms. The number of hydrogen-bond acceptors (Lipinski definition) is 0.